The predicted molar refractivity (Wildman–Crippen MR) is 152 cm³/mol. The van der Waals surface area contributed by atoms with E-state index in [9.17, 15) is 14.4 Å². The average Bonchev–Trinajstić information content (AvgIpc) is 2.94. The average molecular weight is 597 g/mol. The van der Waals surface area contributed by atoms with Crippen LogP contribution < -0.4 is 30.3 Å². The molecule has 11 heteroatoms. The molecule has 0 aromatic heterocycles. The highest BCUT2D eigenvalue weighted by molar-refractivity contribution is 9.10. The zero-order valence-corrected chi connectivity index (χ0v) is 23.1. The van der Waals surface area contributed by atoms with Gasteiger partial charge in [-0.15, -0.1) is 0 Å². The molecule has 204 valence electrons. The maximum atomic E-state index is 12.3. The predicted octanol–water partition coefficient (Wildman–Crippen LogP) is 4.74. The summed E-state index contributed by atoms with van der Waals surface area (Å²) in [4.78, 5) is 36.7. The standard InChI is InChI=1S/C28H29BrN4O6/c1-3-4-15-38-24-12-8-22(9-13-24)32-27(35)28(36)33-30-17-19-16-20(29)5-14-25(19)39-18-26(34)31-21-6-10-23(37-2)11-7-21/h5-14,16-17H,3-4,15,18H2,1-2H3,(H,31,34)(H,32,35)(H,33,36)/b30-17-. The van der Waals surface area contributed by atoms with Crippen LogP contribution in [0.3, 0.4) is 0 Å². The number of hydrogen-bond donors (Lipinski definition) is 3. The van der Waals surface area contributed by atoms with E-state index in [0.717, 1.165) is 17.3 Å². The number of carbonyl (C=O) groups excluding carboxylic acids is 3. The van der Waals surface area contributed by atoms with Crippen molar-refractivity contribution in [1.29, 1.82) is 0 Å². The first-order chi connectivity index (χ1) is 18.9. The molecule has 0 unspecified atom stereocenters. The van der Waals surface area contributed by atoms with Gasteiger partial charge < -0.3 is 24.8 Å². The van der Waals surface area contributed by atoms with Crippen molar-refractivity contribution < 1.29 is 28.6 Å². The molecule has 3 amide bonds. The third-order valence-corrected chi connectivity index (χ3v) is 5.65. The number of benzene rings is 3. The van der Waals surface area contributed by atoms with Gasteiger partial charge in [-0.05, 0) is 73.2 Å². The van der Waals surface area contributed by atoms with E-state index in [4.69, 9.17) is 14.2 Å². The first-order valence-corrected chi connectivity index (χ1v) is 12.9. The molecule has 10 nitrogen and oxygen atoms in total. The Hall–Kier alpha value is -4.38. The highest BCUT2D eigenvalue weighted by atomic mass is 79.9. The number of nitrogens with zero attached hydrogens (tertiary/aromatic N) is 1. The van der Waals surface area contributed by atoms with E-state index in [0.29, 0.717) is 40.8 Å². The van der Waals surface area contributed by atoms with E-state index in [1.54, 1.807) is 73.8 Å². The van der Waals surface area contributed by atoms with E-state index < -0.39 is 11.8 Å². The topological polar surface area (TPSA) is 127 Å². The fraction of sp³-hybridized carbons (Fsp3) is 0.214. The quantitative estimate of drug-likeness (QED) is 0.120. The van der Waals surface area contributed by atoms with Crippen molar-refractivity contribution in [3.8, 4) is 17.2 Å². The second-order valence-corrected chi connectivity index (χ2v) is 9.04. The second-order valence-electron chi connectivity index (χ2n) is 8.13. The van der Waals surface area contributed by atoms with Crippen molar-refractivity contribution in [1.82, 2.24) is 5.43 Å². The summed E-state index contributed by atoms with van der Waals surface area (Å²) in [5, 5.41) is 9.08. The number of nitrogens with one attached hydrogen (secondary N) is 3. The Morgan fingerprint density at radius 1 is 0.872 bits per heavy atom. The number of rotatable bonds is 12. The summed E-state index contributed by atoms with van der Waals surface area (Å²) in [5.74, 6) is -0.489. The molecule has 0 fully saturated rings. The Kier molecular flexibility index (Phi) is 11.3. The zero-order valence-electron chi connectivity index (χ0n) is 21.5. The molecule has 3 aromatic carbocycles. The molecule has 3 rings (SSSR count). The largest absolute Gasteiger partial charge is 0.497 e. The van der Waals surface area contributed by atoms with Crippen LogP contribution in [0.5, 0.6) is 17.2 Å². The van der Waals surface area contributed by atoms with Gasteiger partial charge in [0.25, 0.3) is 5.91 Å². The lowest BCUT2D eigenvalue weighted by Crippen LogP contribution is -2.32. The lowest BCUT2D eigenvalue weighted by atomic mass is 10.2. The minimum Gasteiger partial charge on any atom is -0.497 e. The van der Waals surface area contributed by atoms with Crippen LogP contribution in [0.2, 0.25) is 0 Å². The van der Waals surface area contributed by atoms with Crippen LogP contribution in [0.15, 0.2) is 76.3 Å². The SMILES string of the molecule is CCCCOc1ccc(NC(=O)C(=O)N/N=C\c2cc(Br)ccc2OCC(=O)Nc2ccc(OC)cc2)cc1. The first kappa shape index (κ1) is 29.2. The summed E-state index contributed by atoms with van der Waals surface area (Å²) >= 11 is 3.37. The highest BCUT2D eigenvalue weighted by Crippen LogP contribution is 2.22. The van der Waals surface area contributed by atoms with Crippen molar-refractivity contribution in [2.45, 2.75) is 19.8 Å². The summed E-state index contributed by atoms with van der Waals surface area (Å²) in [6, 6.07) is 18.7. The number of hydrazone groups is 1. The van der Waals surface area contributed by atoms with E-state index in [-0.39, 0.29) is 12.5 Å². The zero-order chi connectivity index (χ0) is 28.0. The summed E-state index contributed by atoms with van der Waals surface area (Å²) in [5.41, 5.74) is 3.70. The number of carbonyl (C=O) groups is 3. The van der Waals surface area contributed by atoms with E-state index >= 15 is 0 Å². The third kappa shape index (κ3) is 9.78. The minimum absolute atomic E-state index is 0.258. The Labute approximate surface area is 234 Å². The molecule has 0 heterocycles. The fourth-order valence-electron chi connectivity index (χ4n) is 3.13. The van der Waals surface area contributed by atoms with Crippen molar-refractivity contribution in [2.75, 3.05) is 31.0 Å². The molecule has 3 aromatic rings. The van der Waals surface area contributed by atoms with Gasteiger partial charge in [-0.25, -0.2) is 5.43 Å². The molecule has 39 heavy (non-hydrogen) atoms. The van der Waals surface area contributed by atoms with Crippen molar-refractivity contribution in [3.63, 3.8) is 0 Å². The van der Waals surface area contributed by atoms with Gasteiger partial charge in [-0.1, -0.05) is 29.3 Å². The molecule has 0 saturated heterocycles. The Bertz CT molecular complexity index is 1300. The molecule has 0 radical (unpaired) electrons. The van der Waals surface area contributed by atoms with E-state index in [2.05, 4.69) is 44.0 Å². The molecular weight excluding hydrogens is 568 g/mol. The smallest absolute Gasteiger partial charge is 0.329 e. The molecular formula is C28H29BrN4O6. The Morgan fingerprint density at radius 2 is 1.54 bits per heavy atom. The van der Waals surface area contributed by atoms with Gasteiger partial charge in [0.2, 0.25) is 0 Å². The number of ether oxygens (including phenoxy) is 3. The lowest BCUT2D eigenvalue weighted by molar-refractivity contribution is -0.136. The van der Waals surface area contributed by atoms with Crippen molar-refractivity contribution in [2.24, 2.45) is 5.10 Å². The number of anilines is 2. The van der Waals surface area contributed by atoms with Crippen LogP contribution in [0, 0.1) is 0 Å². The van der Waals surface area contributed by atoms with Gasteiger partial charge in [-0.2, -0.15) is 5.10 Å². The van der Waals surface area contributed by atoms with Gasteiger partial charge in [0.15, 0.2) is 6.61 Å². The maximum Gasteiger partial charge on any atom is 0.329 e. The first-order valence-electron chi connectivity index (χ1n) is 12.1. The normalized spacial score (nSPS) is 10.5. The molecule has 0 aliphatic heterocycles. The minimum atomic E-state index is -0.953. The third-order valence-electron chi connectivity index (χ3n) is 5.16. The van der Waals surface area contributed by atoms with Crippen LogP contribution in [0.25, 0.3) is 0 Å². The van der Waals surface area contributed by atoms with Crippen molar-refractivity contribution in [3.05, 3.63) is 76.8 Å². The summed E-state index contributed by atoms with van der Waals surface area (Å²) < 4.78 is 17.1. The van der Waals surface area contributed by atoms with Crippen molar-refractivity contribution >= 4 is 51.2 Å². The van der Waals surface area contributed by atoms with Gasteiger partial charge in [-0.3, -0.25) is 14.4 Å². The van der Waals surface area contributed by atoms with Gasteiger partial charge in [0.1, 0.15) is 17.2 Å². The monoisotopic (exact) mass is 596 g/mol. The number of halogens is 1. The van der Waals surface area contributed by atoms with Crippen LogP contribution in [0.4, 0.5) is 11.4 Å². The van der Waals surface area contributed by atoms with Gasteiger partial charge >= 0.3 is 11.8 Å². The van der Waals surface area contributed by atoms with E-state index in [1.807, 2.05) is 0 Å². The number of hydrogen-bond acceptors (Lipinski definition) is 7. The van der Waals surface area contributed by atoms with Gasteiger partial charge in [0.05, 0.1) is 19.9 Å². The number of unbranched alkanes of at least 4 members (excludes halogenated alkanes) is 1. The molecule has 0 saturated carbocycles. The molecule has 0 spiro atoms. The summed E-state index contributed by atoms with van der Waals surface area (Å²) in [6.45, 7) is 2.44. The van der Waals surface area contributed by atoms with Gasteiger partial charge in [0, 0.05) is 21.4 Å². The molecule has 3 N–H and O–H groups in total. The highest BCUT2D eigenvalue weighted by Gasteiger charge is 2.13. The van der Waals surface area contributed by atoms with Crippen LogP contribution in [0.1, 0.15) is 25.3 Å². The molecule has 0 bridgehead atoms. The number of amides is 3. The van der Waals surface area contributed by atoms with Crippen LogP contribution in [-0.4, -0.2) is 44.3 Å². The maximum absolute atomic E-state index is 12.3. The molecule has 0 aliphatic carbocycles. The van der Waals surface area contributed by atoms with Crippen LogP contribution >= 0.6 is 15.9 Å². The Morgan fingerprint density at radius 3 is 2.21 bits per heavy atom. The number of methoxy groups -OCH3 is 1. The molecule has 0 atom stereocenters. The fourth-order valence-corrected chi connectivity index (χ4v) is 3.51. The lowest BCUT2D eigenvalue weighted by Gasteiger charge is -2.10. The van der Waals surface area contributed by atoms with Crippen LogP contribution in [-0.2, 0) is 14.4 Å². The van der Waals surface area contributed by atoms with E-state index in [1.165, 1.54) is 6.21 Å². The second kappa shape index (κ2) is 15.1. The summed E-state index contributed by atoms with van der Waals surface area (Å²) in [6.07, 6.45) is 3.30. The summed E-state index contributed by atoms with van der Waals surface area (Å²) in [7, 11) is 1.56. The Balaban J connectivity index is 1.51. The molecule has 0 aliphatic rings.